The Morgan fingerprint density at radius 3 is 1.32 bits per heavy atom. The average molecular weight is 789 g/mol. The summed E-state index contributed by atoms with van der Waals surface area (Å²) in [5.41, 5.74) is 18.7. The van der Waals surface area contributed by atoms with Crippen LogP contribution in [0.15, 0.2) is 218 Å². The molecule has 9 aromatic carbocycles. The molecule has 62 heavy (non-hydrogen) atoms. The Bertz CT molecular complexity index is 3450. The monoisotopic (exact) mass is 788 g/mol. The van der Waals surface area contributed by atoms with Crippen LogP contribution >= 0.6 is 0 Å². The van der Waals surface area contributed by atoms with Crippen molar-refractivity contribution in [2.45, 2.75) is 5.41 Å². The Morgan fingerprint density at radius 2 is 0.742 bits per heavy atom. The Kier molecular flexibility index (Phi) is 7.49. The highest BCUT2D eigenvalue weighted by atomic mass is 15.2. The predicted molar refractivity (Wildman–Crippen MR) is 252 cm³/mol. The number of benzene rings is 9. The van der Waals surface area contributed by atoms with Gasteiger partial charge in [-0.1, -0.05) is 194 Å². The van der Waals surface area contributed by atoms with Crippen LogP contribution in [0.5, 0.6) is 0 Å². The first-order chi connectivity index (χ1) is 30.7. The Balaban J connectivity index is 1.07. The third-order valence-electron chi connectivity index (χ3n) is 13.1. The summed E-state index contributed by atoms with van der Waals surface area (Å²) in [6.45, 7) is 0. The van der Waals surface area contributed by atoms with Gasteiger partial charge in [0.15, 0.2) is 11.6 Å². The van der Waals surface area contributed by atoms with Crippen LogP contribution in [0.1, 0.15) is 22.3 Å². The maximum absolute atomic E-state index is 5.26. The van der Waals surface area contributed by atoms with E-state index in [1.807, 2.05) is 36.4 Å². The maximum atomic E-state index is 5.26. The standard InChI is InChI=1S/C58H36N4/c1-4-16-37(17-5-1)40-30-33-53-48(34-40)47-32-29-42(36-54(47)62(53)57-60-55(38-18-6-2-7-19-38)59-56(61-57)39-20-8-3-9-21-39)41-28-31-46-45-24-12-15-27-51(45)58(52(46)35-41)49-25-13-10-22-43(49)44-23-11-14-26-50(44)58/h1-36H. The highest BCUT2D eigenvalue weighted by Crippen LogP contribution is 2.63. The molecule has 0 radical (unpaired) electrons. The molecule has 0 amide bonds. The Hall–Kier alpha value is -8.21. The van der Waals surface area contributed by atoms with Crippen molar-refractivity contribution < 1.29 is 0 Å². The van der Waals surface area contributed by atoms with Crippen molar-refractivity contribution in [1.29, 1.82) is 0 Å². The third-order valence-corrected chi connectivity index (χ3v) is 13.1. The zero-order valence-electron chi connectivity index (χ0n) is 33.6. The second kappa shape index (κ2) is 13.4. The van der Waals surface area contributed by atoms with Crippen LogP contribution in [0.2, 0.25) is 0 Å². The number of aromatic nitrogens is 4. The van der Waals surface area contributed by atoms with Crippen molar-refractivity contribution in [3.8, 4) is 73.2 Å². The molecular weight excluding hydrogens is 753 g/mol. The van der Waals surface area contributed by atoms with Gasteiger partial charge in [-0.15, -0.1) is 0 Å². The lowest BCUT2D eigenvalue weighted by Gasteiger charge is -2.30. The number of fused-ring (bicyclic) bond motifs is 13. The Morgan fingerprint density at radius 1 is 0.290 bits per heavy atom. The molecule has 1 spiro atoms. The summed E-state index contributed by atoms with van der Waals surface area (Å²) in [7, 11) is 0. The molecular formula is C58H36N4. The lowest BCUT2D eigenvalue weighted by Crippen LogP contribution is -2.25. The summed E-state index contributed by atoms with van der Waals surface area (Å²) in [6.07, 6.45) is 0. The lowest BCUT2D eigenvalue weighted by atomic mass is 9.70. The molecule has 2 heterocycles. The summed E-state index contributed by atoms with van der Waals surface area (Å²) in [5, 5.41) is 2.27. The van der Waals surface area contributed by atoms with Gasteiger partial charge in [0.25, 0.3) is 0 Å². The largest absolute Gasteiger partial charge is 0.278 e. The van der Waals surface area contributed by atoms with Crippen LogP contribution in [-0.2, 0) is 5.41 Å². The van der Waals surface area contributed by atoms with Crippen LogP contribution in [0.4, 0.5) is 0 Å². The topological polar surface area (TPSA) is 43.6 Å². The summed E-state index contributed by atoms with van der Waals surface area (Å²) in [6, 6.07) is 78.7. The summed E-state index contributed by atoms with van der Waals surface area (Å²) in [5.74, 6) is 1.83. The van der Waals surface area contributed by atoms with E-state index in [-0.39, 0.29) is 0 Å². The van der Waals surface area contributed by atoms with Gasteiger partial charge in [-0.25, -0.2) is 4.98 Å². The molecule has 2 aromatic heterocycles. The summed E-state index contributed by atoms with van der Waals surface area (Å²) in [4.78, 5) is 15.6. The second-order valence-corrected chi connectivity index (χ2v) is 16.3. The quantitative estimate of drug-likeness (QED) is 0.174. The van der Waals surface area contributed by atoms with E-state index < -0.39 is 5.41 Å². The number of nitrogens with zero attached hydrogens (tertiary/aromatic N) is 4. The van der Waals surface area contributed by atoms with Crippen LogP contribution in [-0.4, -0.2) is 19.5 Å². The van der Waals surface area contributed by atoms with Gasteiger partial charge in [-0.3, -0.25) is 4.57 Å². The van der Waals surface area contributed by atoms with Crippen molar-refractivity contribution in [1.82, 2.24) is 19.5 Å². The van der Waals surface area contributed by atoms with Crippen LogP contribution in [0.25, 0.3) is 95.0 Å². The molecule has 288 valence electrons. The van der Waals surface area contributed by atoms with Crippen LogP contribution in [0.3, 0.4) is 0 Å². The van der Waals surface area contributed by atoms with Gasteiger partial charge in [-0.05, 0) is 91.0 Å². The van der Waals surface area contributed by atoms with E-state index in [1.165, 1.54) is 50.1 Å². The Labute approximate surface area is 359 Å². The number of rotatable bonds is 5. The van der Waals surface area contributed by atoms with Gasteiger partial charge in [-0.2, -0.15) is 9.97 Å². The fourth-order valence-electron chi connectivity index (χ4n) is 10.4. The minimum atomic E-state index is -0.422. The van der Waals surface area contributed by atoms with Gasteiger partial charge >= 0.3 is 0 Å². The summed E-state index contributed by atoms with van der Waals surface area (Å²) < 4.78 is 2.23. The molecule has 0 atom stereocenters. The van der Waals surface area contributed by atoms with Gasteiger partial charge in [0.1, 0.15) is 0 Å². The van der Waals surface area contributed by atoms with Gasteiger partial charge in [0.05, 0.1) is 16.4 Å². The average Bonchev–Trinajstić information content (AvgIpc) is 3.95. The van der Waals surface area contributed by atoms with E-state index in [0.717, 1.165) is 49.6 Å². The minimum Gasteiger partial charge on any atom is -0.278 e. The van der Waals surface area contributed by atoms with Gasteiger partial charge in [0.2, 0.25) is 5.95 Å². The van der Waals surface area contributed by atoms with Crippen molar-refractivity contribution in [3.05, 3.63) is 241 Å². The summed E-state index contributed by atoms with van der Waals surface area (Å²) >= 11 is 0. The lowest BCUT2D eigenvalue weighted by molar-refractivity contribution is 0.794. The third kappa shape index (κ3) is 4.98. The predicted octanol–water partition coefficient (Wildman–Crippen LogP) is 14.0. The molecule has 0 aliphatic heterocycles. The van der Waals surface area contributed by atoms with Gasteiger partial charge in [0, 0.05) is 21.9 Å². The smallest absolute Gasteiger partial charge is 0.238 e. The number of hydrogen-bond donors (Lipinski definition) is 0. The van der Waals surface area contributed by atoms with Crippen molar-refractivity contribution in [3.63, 3.8) is 0 Å². The van der Waals surface area contributed by atoms with Crippen LogP contribution in [0, 0.1) is 0 Å². The second-order valence-electron chi connectivity index (χ2n) is 16.3. The molecule has 0 saturated carbocycles. The highest BCUT2D eigenvalue weighted by molar-refractivity contribution is 6.11. The molecule has 0 N–H and O–H groups in total. The first-order valence-electron chi connectivity index (χ1n) is 21.2. The van der Waals surface area contributed by atoms with E-state index in [2.05, 4.69) is 187 Å². The van der Waals surface area contributed by atoms with E-state index in [9.17, 15) is 0 Å². The maximum Gasteiger partial charge on any atom is 0.238 e. The van der Waals surface area contributed by atoms with E-state index >= 15 is 0 Å². The molecule has 4 nitrogen and oxygen atoms in total. The minimum absolute atomic E-state index is 0.422. The molecule has 0 bridgehead atoms. The molecule has 11 aromatic rings. The fraction of sp³-hybridized carbons (Fsp3) is 0.0172. The van der Waals surface area contributed by atoms with E-state index in [1.54, 1.807) is 0 Å². The first-order valence-corrected chi connectivity index (χ1v) is 21.2. The van der Waals surface area contributed by atoms with Crippen LogP contribution < -0.4 is 0 Å². The van der Waals surface area contributed by atoms with Crippen molar-refractivity contribution >= 4 is 21.8 Å². The molecule has 0 unspecified atom stereocenters. The molecule has 13 rings (SSSR count). The fourth-order valence-corrected chi connectivity index (χ4v) is 10.4. The molecule has 2 aliphatic rings. The molecule has 0 fully saturated rings. The zero-order chi connectivity index (χ0) is 40.8. The molecule has 2 aliphatic carbocycles. The van der Waals surface area contributed by atoms with E-state index in [4.69, 9.17) is 15.0 Å². The van der Waals surface area contributed by atoms with Gasteiger partial charge < -0.3 is 0 Å². The first kappa shape index (κ1) is 34.6. The van der Waals surface area contributed by atoms with Crippen molar-refractivity contribution in [2.75, 3.05) is 0 Å². The zero-order valence-corrected chi connectivity index (χ0v) is 33.6. The van der Waals surface area contributed by atoms with Crippen molar-refractivity contribution in [2.24, 2.45) is 0 Å². The highest BCUT2D eigenvalue weighted by Gasteiger charge is 2.51. The normalized spacial score (nSPS) is 13.0. The SMILES string of the molecule is c1ccc(-c2ccc3c(c2)c2ccc(-c4ccc5c(c4)C4(c6ccccc6-c6ccccc64)c4ccccc4-5)cc2n3-c2nc(-c3ccccc3)nc(-c3ccccc3)n2)cc1. The molecule has 0 saturated heterocycles. The molecule has 4 heteroatoms. The number of hydrogen-bond acceptors (Lipinski definition) is 3. The van der Waals surface area contributed by atoms with E-state index in [0.29, 0.717) is 17.6 Å².